The zero-order valence-corrected chi connectivity index (χ0v) is 21.4. The Balaban J connectivity index is 0.000000449. The largest absolute Gasteiger partial charge is 0.490 e. The molecule has 2 aromatic rings. The standard InChI is InChI=1S/C19H26N4O2.2C2HF3O2/c1-13-5-6-15(25-13)12-23-9-7-14-11-16(19(24)20-2)18(22(3)4)21-17(14)8-10-23;2*3-2(4,5)1(6)7/h5-6,11H,7-10,12H2,1-4H3,(H,20,24);2*(H,6,7). The Bertz CT molecular complexity index is 1120. The molecule has 3 rings (SSSR count). The molecule has 0 saturated heterocycles. The predicted molar refractivity (Wildman–Crippen MR) is 125 cm³/mol. The first kappa shape index (κ1) is 33.2. The summed E-state index contributed by atoms with van der Waals surface area (Å²) in [5.41, 5.74) is 2.90. The molecule has 0 fully saturated rings. The lowest BCUT2D eigenvalue weighted by molar-refractivity contribution is -0.193. The zero-order chi connectivity index (χ0) is 30.1. The number of aryl methyl sites for hydroxylation is 1. The number of rotatable bonds is 4. The number of alkyl halides is 6. The van der Waals surface area contributed by atoms with Crippen LogP contribution in [0.1, 0.15) is 33.1 Å². The first-order valence-electron chi connectivity index (χ1n) is 11.2. The molecule has 0 aromatic carbocycles. The number of carbonyl (C=O) groups excluding carboxylic acids is 1. The number of furan rings is 1. The summed E-state index contributed by atoms with van der Waals surface area (Å²) in [6, 6.07) is 6.05. The monoisotopic (exact) mass is 570 g/mol. The normalized spacial score (nSPS) is 13.5. The number of hydrogen-bond donors (Lipinski definition) is 3. The molecule has 3 heterocycles. The van der Waals surface area contributed by atoms with Crippen molar-refractivity contribution in [3.8, 4) is 0 Å². The molecule has 0 aliphatic carbocycles. The number of nitrogens with one attached hydrogen (secondary N) is 1. The van der Waals surface area contributed by atoms with Crippen LogP contribution in [0.4, 0.5) is 32.2 Å². The molecule has 1 amide bonds. The fourth-order valence-electron chi connectivity index (χ4n) is 3.26. The van der Waals surface area contributed by atoms with Gasteiger partial charge in [0.05, 0.1) is 12.1 Å². The van der Waals surface area contributed by atoms with Gasteiger partial charge in [-0.2, -0.15) is 26.3 Å². The van der Waals surface area contributed by atoms with Crippen LogP contribution in [-0.4, -0.2) is 84.5 Å². The molecule has 2 aromatic heterocycles. The van der Waals surface area contributed by atoms with E-state index in [-0.39, 0.29) is 5.91 Å². The number of pyridine rings is 1. The summed E-state index contributed by atoms with van der Waals surface area (Å²) in [4.78, 5) is 39.1. The maximum Gasteiger partial charge on any atom is 0.490 e. The van der Waals surface area contributed by atoms with Crippen molar-refractivity contribution in [3.63, 3.8) is 0 Å². The summed E-state index contributed by atoms with van der Waals surface area (Å²) < 4.78 is 69.2. The van der Waals surface area contributed by atoms with Gasteiger partial charge >= 0.3 is 24.3 Å². The van der Waals surface area contributed by atoms with Crippen molar-refractivity contribution >= 4 is 23.7 Å². The number of halogens is 6. The highest BCUT2D eigenvalue weighted by atomic mass is 19.4. The van der Waals surface area contributed by atoms with Gasteiger partial charge in [0.25, 0.3) is 5.91 Å². The van der Waals surface area contributed by atoms with Crippen molar-refractivity contribution < 1.29 is 55.4 Å². The SMILES string of the molecule is CNC(=O)c1cc2c(nc1N(C)C)CCN(Cc1ccc(C)o1)CC2.O=C(O)C(F)(F)F.O=C(O)C(F)(F)F. The number of fused-ring (bicyclic) bond motifs is 1. The zero-order valence-electron chi connectivity index (χ0n) is 21.4. The average Bonchev–Trinajstić information content (AvgIpc) is 3.13. The van der Waals surface area contributed by atoms with Gasteiger partial charge in [-0.1, -0.05) is 0 Å². The lowest BCUT2D eigenvalue weighted by atomic mass is 10.0. The number of carboxylic acid groups (broad SMARTS) is 2. The second-order valence-electron chi connectivity index (χ2n) is 8.33. The van der Waals surface area contributed by atoms with Gasteiger partial charge in [-0.15, -0.1) is 0 Å². The van der Waals surface area contributed by atoms with Crippen molar-refractivity contribution in [3.05, 3.63) is 46.5 Å². The summed E-state index contributed by atoms with van der Waals surface area (Å²) in [6.45, 7) is 4.65. The van der Waals surface area contributed by atoms with Crippen LogP contribution in [0.2, 0.25) is 0 Å². The molecule has 1 aliphatic heterocycles. The number of amides is 1. The van der Waals surface area contributed by atoms with E-state index in [1.807, 2.05) is 44.1 Å². The quantitative estimate of drug-likeness (QED) is 0.473. The van der Waals surface area contributed by atoms with Crippen LogP contribution in [0, 0.1) is 6.92 Å². The molecule has 218 valence electrons. The van der Waals surface area contributed by atoms with Crippen LogP contribution < -0.4 is 10.2 Å². The molecule has 0 unspecified atom stereocenters. The number of carbonyl (C=O) groups is 3. The lowest BCUT2D eigenvalue weighted by Gasteiger charge is -2.18. The van der Waals surface area contributed by atoms with Gasteiger partial charge in [0.1, 0.15) is 17.3 Å². The Morgan fingerprint density at radius 3 is 1.95 bits per heavy atom. The van der Waals surface area contributed by atoms with E-state index in [0.717, 1.165) is 55.5 Å². The number of aromatic nitrogens is 1. The van der Waals surface area contributed by atoms with Crippen LogP contribution in [0.25, 0.3) is 0 Å². The third-order valence-corrected chi connectivity index (χ3v) is 5.09. The third kappa shape index (κ3) is 10.8. The minimum absolute atomic E-state index is 0.0915. The molecule has 39 heavy (non-hydrogen) atoms. The van der Waals surface area contributed by atoms with Crippen molar-refractivity contribution in [2.45, 2.75) is 38.7 Å². The average molecular weight is 570 g/mol. The molecule has 0 spiro atoms. The fraction of sp³-hybridized carbons (Fsp3) is 0.478. The van der Waals surface area contributed by atoms with E-state index < -0.39 is 24.3 Å². The van der Waals surface area contributed by atoms with Gasteiger partial charge < -0.3 is 24.8 Å². The van der Waals surface area contributed by atoms with E-state index >= 15 is 0 Å². The van der Waals surface area contributed by atoms with Gasteiger partial charge in [-0.3, -0.25) is 9.69 Å². The number of hydrogen-bond acceptors (Lipinski definition) is 7. The molecular weight excluding hydrogens is 542 g/mol. The van der Waals surface area contributed by atoms with E-state index in [0.29, 0.717) is 5.56 Å². The molecule has 1 aliphatic rings. The Morgan fingerprint density at radius 1 is 1.03 bits per heavy atom. The summed E-state index contributed by atoms with van der Waals surface area (Å²) in [6.07, 6.45) is -8.40. The van der Waals surface area contributed by atoms with E-state index in [2.05, 4.69) is 10.2 Å². The van der Waals surface area contributed by atoms with Crippen LogP contribution in [-0.2, 0) is 29.0 Å². The van der Waals surface area contributed by atoms with Crippen molar-refractivity contribution in [2.24, 2.45) is 0 Å². The van der Waals surface area contributed by atoms with Crippen LogP contribution in [0.15, 0.2) is 22.6 Å². The second kappa shape index (κ2) is 13.8. The minimum atomic E-state index is -5.08. The number of carboxylic acids is 2. The van der Waals surface area contributed by atoms with Crippen LogP contribution in [0.5, 0.6) is 0 Å². The summed E-state index contributed by atoms with van der Waals surface area (Å²) in [5.74, 6) is -2.93. The van der Waals surface area contributed by atoms with Crippen molar-refractivity contribution in [1.29, 1.82) is 0 Å². The molecule has 10 nitrogen and oxygen atoms in total. The molecule has 16 heteroatoms. The van der Waals surface area contributed by atoms with Crippen molar-refractivity contribution in [2.75, 3.05) is 39.1 Å². The lowest BCUT2D eigenvalue weighted by Crippen LogP contribution is -2.25. The molecule has 3 N–H and O–H groups in total. The molecule has 0 radical (unpaired) electrons. The molecular formula is C23H28F6N4O6. The second-order valence-corrected chi connectivity index (χ2v) is 8.33. The van der Waals surface area contributed by atoms with Crippen molar-refractivity contribution in [1.82, 2.24) is 15.2 Å². The smallest absolute Gasteiger partial charge is 0.475 e. The molecule has 0 saturated carbocycles. The number of aliphatic carboxylic acids is 2. The van der Waals surface area contributed by atoms with Gasteiger partial charge in [-0.05, 0) is 37.1 Å². The highest BCUT2D eigenvalue weighted by molar-refractivity contribution is 5.99. The van der Waals surface area contributed by atoms with Gasteiger partial charge in [0, 0.05) is 46.3 Å². The summed E-state index contributed by atoms with van der Waals surface area (Å²) >= 11 is 0. The topological polar surface area (TPSA) is 136 Å². The Labute approximate surface area is 219 Å². The van der Waals surface area contributed by atoms with Gasteiger partial charge in [0.2, 0.25) is 0 Å². The van der Waals surface area contributed by atoms with E-state index in [1.165, 1.54) is 5.56 Å². The Morgan fingerprint density at radius 2 is 1.54 bits per heavy atom. The molecule has 0 bridgehead atoms. The first-order chi connectivity index (χ1) is 17.9. The van der Waals surface area contributed by atoms with E-state index in [4.69, 9.17) is 29.2 Å². The van der Waals surface area contributed by atoms with E-state index in [9.17, 15) is 31.1 Å². The first-order valence-corrected chi connectivity index (χ1v) is 11.2. The van der Waals surface area contributed by atoms with Crippen LogP contribution >= 0.6 is 0 Å². The summed E-state index contributed by atoms with van der Waals surface area (Å²) in [7, 11) is 5.49. The number of nitrogens with zero attached hydrogens (tertiary/aromatic N) is 3. The third-order valence-electron chi connectivity index (χ3n) is 5.09. The van der Waals surface area contributed by atoms with Gasteiger partial charge in [-0.25, -0.2) is 14.6 Å². The fourth-order valence-corrected chi connectivity index (χ4v) is 3.26. The Kier molecular flexibility index (Phi) is 11.8. The van der Waals surface area contributed by atoms with E-state index in [1.54, 1.807) is 7.05 Å². The minimum Gasteiger partial charge on any atom is -0.475 e. The predicted octanol–water partition coefficient (Wildman–Crippen LogP) is 3.28. The van der Waals surface area contributed by atoms with Crippen LogP contribution in [0.3, 0.4) is 0 Å². The highest BCUT2D eigenvalue weighted by Gasteiger charge is 2.38. The maximum absolute atomic E-state index is 12.2. The maximum atomic E-state index is 12.2. The Hall–Kier alpha value is -3.82. The summed E-state index contributed by atoms with van der Waals surface area (Å²) in [5, 5.41) is 17.0. The highest BCUT2D eigenvalue weighted by Crippen LogP contribution is 2.24. The van der Waals surface area contributed by atoms with Gasteiger partial charge in [0.15, 0.2) is 0 Å². The number of anilines is 1. The molecule has 0 atom stereocenters.